The molecule has 0 aromatic heterocycles. The fourth-order valence-corrected chi connectivity index (χ4v) is 6.69. The van der Waals surface area contributed by atoms with Crippen LogP contribution in [-0.4, -0.2) is 33.6 Å². The molecule has 0 radical (unpaired) electrons. The zero-order chi connectivity index (χ0) is 21.9. The number of rotatable bonds is 7. The minimum atomic E-state index is -0.938. The largest absolute Gasteiger partial charge is 0.393 e. The summed E-state index contributed by atoms with van der Waals surface area (Å²) in [5.41, 5.74) is 3.50. The van der Waals surface area contributed by atoms with Gasteiger partial charge in [-0.3, -0.25) is 0 Å². The van der Waals surface area contributed by atoms with Crippen molar-refractivity contribution in [2.45, 2.75) is 103 Å². The van der Waals surface area contributed by atoms with Gasteiger partial charge < -0.3 is 15.3 Å². The molecule has 0 aromatic carbocycles. The fraction of sp³-hybridized carbons (Fsp3) is 0.778. The monoisotopic (exact) mass is 416 g/mol. The summed E-state index contributed by atoms with van der Waals surface area (Å²) in [5, 5.41) is 29.4. The predicted molar refractivity (Wildman–Crippen MR) is 124 cm³/mol. The Morgan fingerprint density at radius 1 is 1.23 bits per heavy atom. The van der Waals surface area contributed by atoms with Crippen molar-refractivity contribution < 1.29 is 15.3 Å². The molecule has 0 bridgehead atoms. The molecule has 0 saturated heterocycles. The van der Waals surface area contributed by atoms with E-state index >= 15 is 0 Å². The third-order valence-electron chi connectivity index (χ3n) is 8.63. The van der Waals surface area contributed by atoms with Gasteiger partial charge in [-0.1, -0.05) is 56.6 Å². The highest BCUT2D eigenvalue weighted by molar-refractivity contribution is 5.36. The Labute approximate surface area is 184 Å². The maximum Gasteiger partial charge on any atom is 0.0849 e. The quantitative estimate of drug-likeness (QED) is 0.498. The molecule has 3 nitrogen and oxygen atoms in total. The maximum absolute atomic E-state index is 10.1. The summed E-state index contributed by atoms with van der Waals surface area (Å²) in [7, 11) is 0. The van der Waals surface area contributed by atoms with E-state index in [4.69, 9.17) is 0 Å². The van der Waals surface area contributed by atoms with Crippen molar-refractivity contribution in [3.8, 4) is 0 Å². The first-order valence-corrected chi connectivity index (χ1v) is 12.3. The SMILES string of the molecule is C=C1CC[C@H](O)C/C1=C/C=C1\CCC[C@]2(C)[C@@H]([C@H](C)CCC[C@](C)(O)CO)CC[C@@H]12. The summed E-state index contributed by atoms with van der Waals surface area (Å²) in [6, 6.07) is 0. The topological polar surface area (TPSA) is 60.7 Å². The van der Waals surface area contributed by atoms with Gasteiger partial charge in [-0.15, -0.1) is 0 Å². The molecule has 0 unspecified atom stereocenters. The molecule has 3 aliphatic rings. The van der Waals surface area contributed by atoms with Crippen molar-refractivity contribution in [2.24, 2.45) is 23.2 Å². The molecule has 3 saturated carbocycles. The number of aliphatic hydroxyl groups is 3. The van der Waals surface area contributed by atoms with Crippen molar-refractivity contribution in [2.75, 3.05) is 6.61 Å². The standard InChI is InChI=1S/C27H44O3/c1-19-9-12-23(29)17-22(19)11-10-21-8-6-16-27(4)24(13-14-25(21)27)20(2)7-5-15-26(3,30)18-28/h10-11,20,23-25,28-30H,1,5-9,12-18H2,2-4H3/b21-10+,22-11-/t20-,23+,24-,25+,26+,27-/m1/s1. The summed E-state index contributed by atoms with van der Waals surface area (Å²) in [6.45, 7) is 10.7. The molecule has 0 spiro atoms. The third-order valence-corrected chi connectivity index (χ3v) is 8.63. The van der Waals surface area contributed by atoms with Gasteiger partial charge in [-0.05, 0) is 93.5 Å². The molecule has 170 valence electrons. The first-order valence-electron chi connectivity index (χ1n) is 12.3. The molecule has 6 atom stereocenters. The zero-order valence-corrected chi connectivity index (χ0v) is 19.5. The number of hydrogen-bond donors (Lipinski definition) is 3. The Kier molecular flexibility index (Phi) is 7.69. The first-order chi connectivity index (χ1) is 14.2. The van der Waals surface area contributed by atoms with Crippen LogP contribution < -0.4 is 0 Å². The molecule has 3 aliphatic carbocycles. The van der Waals surface area contributed by atoms with Gasteiger partial charge in [-0.2, -0.15) is 0 Å². The lowest BCUT2D eigenvalue weighted by Crippen LogP contribution is -2.36. The van der Waals surface area contributed by atoms with Crippen molar-refractivity contribution >= 4 is 0 Å². The number of aliphatic hydroxyl groups excluding tert-OH is 2. The van der Waals surface area contributed by atoms with Crippen molar-refractivity contribution in [1.29, 1.82) is 0 Å². The van der Waals surface area contributed by atoms with Crippen LogP contribution in [0.1, 0.15) is 91.4 Å². The highest BCUT2D eigenvalue weighted by Crippen LogP contribution is 2.60. The highest BCUT2D eigenvalue weighted by atomic mass is 16.3. The summed E-state index contributed by atoms with van der Waals surface area (Å²) < 4.78 is 0. The average molecular weight is 417 g/mol. The van der Waals surface area contributed by atoms with E-state index in [1.165, 1.54) is 43.3 Å². The first kappa shape index (κ1) is 23.8. The predicted octanol–water partition coefficient (Wildman–Crippen LogP) is 5.71. The maximum atomic E-state index is 10.1. The van der Waals surface area contributed by atoms with Crippen molar-refractivity contribution in [3.05, 3.63) is 35.5 Å². The summed E-state index contributed by atoms with van der Waals surface area (Å²) in [5.74, 6) is 2.07. The molecule has 3 rings (SSSR count). The van der Waals surface area contributed by atoms with Gasteiger partial charge in [0, 0.05) is 0 Å². The molecule has 0 aromatic rings. The fourth-order valence-electron chi connectivity index (χ4n) is 6.69. The Morgan fingerprint density at radius 2 is 2.00 bits per heavy atom. The normalized spacial score (nSPS) is 37.9. The molecule has 3 heteroatoms. The van der Waals surface area contributed by atoms with Crippen molar-refractivity contribution in [1.82, 2.24) is 0 Å². The minimum absolute atomic E-state index is 0.155. The molecule has 3 N–H and O–H groups in total. The van der Waals surface area contributed by atoms with E-state index in [2.05, 4.69) is 32.6 Å². The Bertz CT molecular complexity index is 674. The van der Waals surface area contributed by atoms with Gasteiger partial charge >= 0.3 is 0 Å². The van der Waals surface area contributed by atoms with Crippen LogP contribution in [0, 0.1) is 23.2 Å². The van der Waals surface area contributed by atoms with Crippen LogP contribution in [0.25, 0.3) is 0 Å². The van der Waals surface area contributed by atoms with Crippen LogP contribution in [0.2, 0.25) is 0 Å². The summed E-state index contributed by atoms with van der Waals surface area (Å²) >= 11 is 0. The lowest BCUT2D eigenvalue weighted by molar-refractivity contribution is -0.00891. The van der Waals surface area contributed by atoms with E-state index in [1.54, 1.807) is 12.5 Å². The summed E-state index contributed by atoms with van der Waals surface area (Å²) in [4.78, 5) is 0. The van der Waals surface area contributed by atoms with E-state index in [1.807, 2.05) is 0 Å². The molecule has 0 amide bonds. The molecule has 3 fully saturated rings. The molecule has 0 heterocycles. The minimum Gasteiger partial charge on any atom is -0.393 e. The van der Waals surface area contributed by atoms with Crippen molar-refractivity contribution in [3.63, 3.8) is 0 Å². The highest BCUT2D eigenvalue weighted by Gasteiger charge is 2.50. The van der Waals surface area contributed by atoms with E-state index in [0.717, 1.165) is 38.0 Å². The van der Waals surface area contributed by atoms with Crippen LogP contribution in [0.4, 0.5) is 0 Å². The number of allylic oxidation sites excluding steroid dienone is 4. The molecule has 30 heavy (non-hydrogen) atoms. The second kappa shape index (κ2) is 9.71. The van der Waals surface area contributed by atoms with Gasteiger partial charge in [-0.25, -0.2) is 0 Å². The molecule has 0 aliphatic heterocycles. The van der Waals surface area contributed by atoms with Crippen LogP contribution in [-0.2, 0) is 0 Å². The van der Waals surface area contributed by atoms with Gasteiger partial charge in [0.25, 0.3) is 0 Å². The van der Waals surface area contributed by atoms with Crippen LogP contribution in [0.15, 0.2) is 35.5 Å². The molecular formula is C27H44O3. The third kappa shape index (κ3) is 5.29. The number of hydrogen-bond acceptors (Lipinski definition) is 3. The van der Waals surface area contributed by atoms with E-state index < -0.39 is 5.60 Å². The van der Waals surface area contributed by atoms with E-state index in [0.29, 0.717) is 23.7 Å². The van der Waals surface area contributed by atoms with Crippen LogP contribution in [0.3, 0.4) is 0 Å². The van der Waals surface area contributed by atoms with Gasteiger partial charge in [0.2, 0.25) is 0 Å². The smallest absolute Gasteiger partial charge is 0.0849 e. The Morgan fingerprint density at radius 3 is 2.73 bits per heavy atom. The van der Waals surface area contributed by atoms with Crippen LogP contribution >= 0.6 is 0 Å². The van der Waals surface area contributed by atoms with E-state index in [9.17, 15) is 15.3 Å². The summed E-state index contributed by atoms with van der Waals surface area (Å²) in [6.07, 6.45) is 16.1. The molecular weight excluding hydrogens is 372 g/mol. The van der Waals surface area contributed by atoms with Crippen LogP contribution in [0.5, 0.6) is 0 Å². The lowest BCUT2D eigenvalue weighted by atomic mass is 9.60. The Balaban J connectivity index is 1.66. The average Bonchev–Trinajstić information content (AvgIpc) is 3.06. The van der Waals surface area contributed by atoms with Gasteiger partial charge in [0.15, 0.2) is 0 Å². The zero-order valence-electron chi connectivity index (χ0n) is 19.5. The lowest BCUT2D eigenvalue weighted by Gasteiger charge is -2.44. The second-order valence-corrected chi connectivity index (χ2v) is 11.1. The van der Waals surface area contributed by atoms with Gasteiger partial charge in [0.1, 0.15) is 0 Å². The van der Waals surface area contributed by atoms with Gasteiger partial charge in [0.05, 0.1) is 18.3 Å². The van der Waals surface area contributed by atoms with E-state index in [-0.39, 0.29) is 12.7 Å². The second-order valence-electron chi connectivity index (χ2n) is 11.1. The number of fused-ring (bicyclic) bond motifs is 1. The Hall–Kier alpha value is -0.900.